The van der Waals surface area contributed by atoms with Crippen molar-refractivity contribution in [2.45, 2.75) is 20.5 Å². The second-order valence-electron chi connectivity index (χ2n) is 5.89. The molecule has 0 heterocycles. The monoisotopic (exact) mass is 315 g/mol. The number of rotatable bonds is 5. The van der Waals surface area contributed by atoms with Crippen LogP contribution in [0.25, 0.3) is 0 Å². The Hall–Kier alpha value is -2.87. The summed E-state index contributed by atoms with van der Waals surface area (Å²) in [7, 11) is 0. The predicted octanol–water partition coefficient (Wildman–Crippen LogP) is 5.63. The number of hydrogen-bond donors (Lipinski definition) is 0. The number of aryl methyl sites for hydroxylation is 2. The Kier molecular flexibility index (Phi) is 5.07. The minimum Gasteiger partial charge on any atom is -0.489 e. The molecule has 0 bridgehead atoms. The lowest BCUT2D eigenvalue weighted by Gasteiger charge is -2.07. The van der Waals surface area contributed by atoms with Crippen molar-refractivity contribution in [2.75, 3.05) is 0 Å². The molecular weight excluding hydrogens is 294 g/mol. The zero-order chi connectivity index (χ0) is 16.8. The Balaban J connectivity index is 1.61. The zero-order valence-corrected chi connectivity index (χ0v) is 14.1. The Morgan fingerprint density at radius 3 is 2.25 bits per heavy atom. The molecule has 0 aromatic heterocycles. The average molecular weight is 315 g/mol. The molecule has 2 nitrogen and oxygen atoms in total. The van der Waals surface area contributed by atoms with E-state index in [1.165, 1.54) is 16.7 Å². The van der Waals surface area contributed by atoms with Crippen LogP contribution in [0.4, 0.5) is 5.69 Å². The van der Waals surface area contributed by atoms with Gasteiger partial charge in [0.15, 0.2) is 0 Å². The predicted molar refractivity (Wildman–Crippen MR) is 100 cm³/mol. The molecule has 0 aliphatic rings. The van der Waals surface area contributed by atoms with Gasteiger partial charge in [-0.25, -0.2) is 0 Å². The Morgan fingerprint density at radius 1 is 0.833 bits per heavy atom. The Labute approximate surface area is 143 Å². The molecule has 3 aromatic carbocycles. The minimum absolute atomic E-state index is 0.580. The van der Waals surface area contributed by atoms with E-state index in [9.17, 15) is 0 Å². The van der Waals surface area contributed by atoms with E-state index >= 15 is 0 Å². The van der Waals surface area contributed by atoms with Crippen LogP contribution in [0, 0.1) is 13.8 Å². The van der Waals surface area contributed by atoms with Gasteiger partial charge in [-0.3, -0.25) is 4.99 Å². The first-order valence-corrected chi connectivity index (χ1v) is 8.09. The van der Waals surface area contributed by atoms with Crippen LogP contribution >= 0.6 is 0 Å². The van der Waals surface area contributed by atoms with Crippen molar-refractivity contribution >= 4 is 11.9 Å². The minimum atomic E-state index is 0.580. The van der Waals surface area contributed by atoms with Gasteiger partial charge in [-0.15, -0.1) is 0 Å². The van der Waals surface area contributed by atoms with Crippen molar-refractivity contribution in [3.8, 4) is 5.75 Å². The van der Waals surface area contributed by atoms with Crippen molar-refractivity contribution in [3.63, 3.8) is 0 Å². The fourth-order valence-electron chi connectivity index (χ4n) is 2.35. The van der Waals surface area contributed by atoms with Gasteiger partial charge in [0.1, 0.15) is 12.4 Å². The largest absolute Gasteiger partial charge is 0.489 e. The molecular formula is C22H21NO. The van der Waals surface area contributed by atoms with Crippen LogP contribution in [0.3, 0.4) is 0 Å². The first-order chi connectivity index (χ1) is 11.7. The second-order valence-corrected chi connectivity index (χ2v) is 5.89. The van der Waals surface area contributed by atoms with Gasteiger partial charge in [-0.1, -0.05) is 48.0 Å². The fourth-order valence-corrected chi connectivity index (χ4v) is 2.35. The normalized spacial score (nSPS) is 10.9. The summed E-state index contributed by atoms with van der Waals surface area (Å²) in [6.07, 6.45) is 1.88. The number of aliphatic imine (C=N–C) groups is 1. The lowest BCUT2D eigenvalue weighted by atomic mass is 10.2. The van der Waals surface area contributed by atoms with Crippen molar-refractivity contribution in [3.05, 3.63) is 95.1 Å². The van der Waals surface area contributed by atoms with Crippen LogP contribution in [-0.4, -0.2) is 6.21 Å². The summed E-state index contributed by atoms with van der Waals surface area (Å²) < 4.78 is 5.82. The van der Waals surface area contributed by atoms with Crippen LogP contribution in [0.15, 0.2) is 77.8 Å². The van der Waals surface area contributed by atoms with Crippen LogP contribution in [-0.2, 0) is 6.61 Å². The third-order valence-corrected chi connectivity index (χ3v) is 3.87. The average Bonchev–Trinajstić information content (AvgIpc) is 2.61. The summed E-state index contributed by atoms with van der Waals surface area (Å²) in [4.78, 5) is 4.54. The standard InChI is InChI=1S/C22H21NO/c1-17-7-9-20(10-8-17)16-24-21-13-11-19(12-14-21)15-23-22-6-4-3-5-18(22)2/h3-15H,16H2,1-2H3. The molecule has 3 aromatic rings. The maximum atomic E-state index is 5.82. The molecule has 0 spiro atoms. The number of para-hydroxylation sites is 1. The molecule has 0 N–H and O–H groups in total. The maximum absolute atomic E-state index is 5.82. The van der Waals surface area contributed by atoms with E-state index in [4.69, 9.17) is 4.74 Å². The van der Waals surface area contributed by atoms with Crippen LogP contribution < -0.4 is 4.74 Å². The molecule has 0 atom stereocenters. The molecule has 0 aliphatic heterocycles. The highest BCUT2D eigenvalue weighted by Gasteiger charge is 1.97. The van der Waals surface area contributed by atoms with E-state index in [2.05, 4.69) is 49.2 Å². The van der Waals surface area contributed by atoms with E-state index in [0.29, 0.717) is 6.61 Å². The number of nitrogens with zero attached hydrogens (tertiary/aromatic N) is 1. The number of hydrogen-bond acceptors (Lipinski definition) is 2. The fraction of sp³-hybridized carbons (Fsp3) is 0.136. The summed E-state index contributed by atoms with van der Waals surface area (Å²) in [6.45, 7) is 4.73. The smallest absolute Gasteiger partial charge is 0.119 e. The molecule has 0 unspecified atom stereocenters. The SMILES string of the molecule is Cc1ccc(COc2ccc(C=Nc3ccccc3C)cc2)cc1. The van der Waals surface area contributed by atoms with Gasteiger partial charge < -0.3 is 4.74 Å². The van der Waals surface area contributed by atoms with Crippen LogP contribution in [0.2, 0.25) is 0 Å². The van der Waals surface area contributed by atoms with Gasteiger partial charge in [-0.2, -0.15) is 0 Å². The first kappa shape index (κ1) is 16.0. The molecule has 24 heavy (non-hydrogen) atoms. The molecule has 0 saturated carbocycles. The summed E-state index contributed by atoms with van der Waals surface area (Å²) in [6, 6.07) is 24.5. The zero-order valence-electron chi connectivity index (χ0n) is 14.1. The lowest BCUT2D eigenvalue weighted by molar-refractivity contribution is 0.306. The first-order valence-electron chi connectivity index (χ1n) is 8.09. The molecule has 2 heteroatoms. The molecule has 0 fully saturated rings. The molecule has 3 rings (SSSR count). The molecule has 0 saturated heterocycles. The van der Waals surface area contributed by atoms with E-state index < -0.39 is 0 Å². The van der Waals surface area contributed by atoms with Gasteiger partial charge in [0.2, 0.25) is 0 Å². The van der Waals surface area contributed by atoms with E-state index in [-0.39, 0.29) is 0 Å². The lowest BCUT2D eigenvalue weighted by Crippen LogP contribution is -1.95. The highest BCUT2D eigenvalue weighted by atomic mass is 16.5. The van der Waals surface area contributed by atoms with Crippen LogP contribution in [0.1, 0.15) is 22.3 Å². The van der Waals surface area contributed by atoms with Gasteiger partial charge >= 0.3 is 0 Å². The summed E-state index contributed by atoms with van der Waals surface area (Å²) in [5.74, 6) is 0.864. The van der Waals surface area contributed by atoms with Crippen molar-refractivity contribution in [1.29, 1.82) is 0 Å². The maximum Gasteiger partial charge on any atom is 0.119 e. The van der Waals surface area contributed by atoms with Crippen LogP contribution in [0.5, 0.6) is 5.75 Å². The second kappa shape index (κ2) is 7.60. The molecule has 120 valence electrons. The van der Waals surface area contributed by atoms with Crippen molar-refractivity contribution < 1.29 is 4.74 Å². The summed E-state index contributed by atoms with van der Waals surface area (Å²) >= 11 is 0. The van der Waals surface area contributed by atoms with Gasteiger partial charge in [-0.05, 0) is 60.9 Å². The van der Waals surface area contributed by atoms with Gasteiger partial charge in [0.05, 0.1) is 5.69 Å². The van der Waals surface area contributed by atoms with E-state index in [1.807, 2.05) is 48.7 Å². The van der Waals surface area contributed by atoms with Crippen molar-refractivity contribution in [2.24, 2.45) is 4.99 Å². The molecule has 0 aliphatic carbocycles. The Morgan fingerprint density at radius 2 is 1.54 bits per heavy atom. The van der Waals surface area contributed by atoms with Gasteiger partial charge in [0.25, 0.3) is 0 Å². The number of benzene rings is 3. The highest BCUT2D eigenvalue weighted by molar-refractivity contribution is 5.82. The van der Waals surface area contributed by atoms with E-state index in [1.54, 1.807) is 0 Å². The number of ether oxygens (including phenoxy) is 1. The van der Waals surface area contributed by atoms with E-state index in [0.717, 1.165) is 17.0 Å². The third kappa shape index (κ3) is 4.32. The molecule has 0 radical (unpaired) electrons. The van der Waals surface area contributed by atoms with Crippen molar-refractivity contribution in [1.82, 2.24) is 0 Å². The molecule has 0 amide bonds. The van der Waals surface area contributed by atoms with Gasteiger partial charge in [0, 0.05) is 6.21 Å². The summed E-state index contributed by atoms with van der Waals surface area (Å²) in [5, 5.41) is 0. The summed E-state index contributed by atoms with van der Waals surface area (Å²) in [5.41, 5.74) is 5.66. The highest BCUT2D eigenvalue weighted by Crippen LogP contribution is 2.18. The third-order valence-electron chi connectivity index (χ3n) is 3.87. The topological polar surface area (TPSA) is 21.6 Å². The Bertz CT molecular complexity index is 817. The quantitative estimate of drug-likeness (QED) is 0.559.